The lowest BCUT2D eigenvalue weighted by atomic mass is 9.92. The summed E-state index contributed by atoms with van der Waals surface area (Å²) in [5, 5.41) is 2.96. The third-order valence-corrected chi connectivity index (χ3v) is 3.32. The Hall–Kier alpha value is -0.570. The molecule has 0 aromatic heterocycles. The largest absolute Gasteiger partial charge is 0.353 e. The molecule has 3 heteroatoms. The zero-order valence-corrected chi connectivity index (χ0v) is 7.60. The predicted octanol–water partition coefficient (Wildman–Crippen LogP) is 0.361. The highest BCUT2D eigenvalue weighted by Gasteiger charge is 2.46. The zero-order chi connectivity index (χ0) is 8.60. The smallest absolute Gasteiger partial charge is 0.240 e. The topological polar surface area (TPSA) is 32.3 Å². The van der Waals surface area contributed by atoms with E-state index in [1.165, 1.54) is 12.8 Å². The van der Waals surface area contributed by atoms with Gasteiger partial charge in [-0.3, -0.25) is 9.69 Å². The second-order valence-corrected chi connectivity index (χ2v) is 3.92. The Kier molecular flexibility index (Phi) is 1.83. The normalized spacial score (nSPS) is 29.2. The molecule has 3 nitrogen and oxygen atoms in total. The van der Waals surface area contributed by atoms with Crippen LogP contribution < -0.4 is 5.32 Å². The standard InChI is InChI=1S/C9H16N2O/c1-11-7-6-10-8(12)9(11)4-2-3-5-9/h2-7H2,1H3,(H,10,12). The molecule has 0 atom stereocenters. The maximum absolute atomic E-state index is 11.7. The molecule has 0 unspecified atom stereocenters. The molecule has 1 aliphatic heterocycles. The minimum atomic E-state index is -0.127. The number of carbonyl (C=O) groups is 1. The molecule has 1 saturated heterocycles. The number of hydrogen-bond donors (Lipinski definition) is 1. The summed E-state index contributed by atoms with van der Waals surface area (Å²) in [6.45, 7) is 1.82. The molecule has 2 rings (SSSR count). The van der Waals surface area contributed by atoms with Gasteiger partial charge < -0.3 is 5.32 Å². The number of likely N-dealkylation sites (N-methyl/N-ethyl adjacent to an activating group) is 1. The molecule has 1 N–H and O–H groups in total. The van der Waals surface area contributed by atoms with E-state index in [1.54, 1.807) is 0 Å². The molecule has 68 valence electrons. The molecule has 12 heavy (non-hydrogen) atoms. The van der Waals surface area contributed by atoms with Crippen molar-refractivity contribution in [2.45, 2.75) is 31.2 Å². The Morgan fingerprint density at radius 1 is 1.42 bits per heavy atom. The van der Waals surface area contributed by atoms with E-state index in [-0.39, 0.29) is 11.4 Å². The van der Waals surface area contributed by atoms with Crippen LogP contribution in [0, 0.1) is 0 Å². The van der Waals surface area contributed by atoms with Crippen LogP contribution in [0.2, 0.25) is 0 Å². The van der Waals surface area contributed by atoms with Crippen LogP contribution in [-0.2, 0) is 4.79 Å². The number of nitrogens with zero attached hydrogens (tertiary/aromatic N) is 1. The van der Waals surface area contributed by atoms with E-state index in [2.05, 4.69) is 17.3 Å². The van der Waals surface area contributed by atoms with Crippen LogP contribution in [0.3, 0.4) is 0 Å². The van der Waals surface area contributed by atoms with Crippen molar-refractivity contribution in [2.24, 2.45) is 0 Å². The number of rotatable bonds is 0. The summed E-state index contributed by atoms with van der Waals surface area (Å²) in [4.78, 5) is 13.9. The third kappa shape index (κ3) is 0.959. The lowest BCUT2D eigenvalue weighted by Gasteiger charge is -2.41. The Bertz CT molecular complexity index is 197. The van der Waals surface area contributed by atoms with Crippen molar-refractivity contribution in [1.82, 2.24) is 10.2 Å². The number of amides is 1. The molecule has 1 heterocycles. The van der Waals surface area contributed by atoms with Gasteiger partial charge in [0.25, 0.3) is 0 Å². The molecule has 0 aromatic carbocycles. The van der Waals surface area contributed by atoms with E-state index in [1.807, 2.05) is 0 Å². The molecular weight excluding hydrogens is 152 g/mol. The maximum atomic E-state index is 11.7. The van der Waals surface area contributed by atoms with Crippen molar-refractivity contribution in [1.29, 1.82) is 0 Å². The van der Waals surface area contributed by atoms with Gasteiger partial charge in [0.05, 0.1) is 0 Å². The van der Waals surface area contributed by atoms with Crippen molar-refractivity contribution in [3.63, 3.8) is 0 Å². The van der Waals surface area contributed by atoms with Crippen molar-refractivity contribution in [3.05, 3.63) is 0 Å². The van der Waals surface area contributed by atoms with E-state index in [4.69, 9.17) is 0 Å². The predicted molar refractivity (Wildman–Crippen MR) is 46.8 cm³/mol. The number of piperazine rings is 1. The number of hydrogen-bond acceptors (Lipinski definition) is 2. The molecule has 0 radical (unpaired) electrons. The highest BCUT2D eigenvalue weighted by molar-refractivity contribution is 5.87. The van der Waals surface area contributed by atoms with E-state index in [0.717, 1.165) is 25.9 Å². The summed E-state index contributed by atoms with van der Waals surface area (Å²) < 4.78 is 0. The molecule has 0 aromatic rings. The number of carbonyl (C=O) groups excluding carboxylic acids is 1. The van der Waals surface area contributed by atoms with Crippen molar-refractivity contribution >= 4 is 5.91 Å². The highest BCUT2D eigenvalue weighted by Crippen LogP contribution is 2.35. The molecule has 1 amide bonds. The number of nitrogens with one attached hydrogen (secondary N) is 1. The Morgan fingerprint density at radius 3 is 2.67 bits per heavy atom. The molecule has 1 saturated carbocycles. The van der Waals surface area contributed by atoms with Crippen LogP contribution in [0.4, 0.5) is 0 Å². The van der Waals surface area contributed by atoms with Gasteiger partial charge in [0, 0.05) is 13.1 Å². The first-order valence-corrected chi connectivity index (χ1v) is 4.75. The molecule has 2 fully saturated rings. The summed E-state index contributed by atoms with van der Waals surface area (Å²) in [6, 6.07) is 0. The Balaban J connectivity index is 2.22. The fourth-order valence-corrected chi connectivity index (χ4v) is 2.46. The second kappa shape index (κ2) is 2.73. The summed E-state index contributed by atoms with van der Waals surface area (Å²) in [5.41, 5.74) is -0.127. The van der Waals surface area contributed by atoms with E-state index >= 15 is 0 Å². The van der Waals surface area contributed by atoms with Crippen LogP contribution in [0.5, 0.6) is 0 Å². The summed E-state index contributed by atoms with van der Waals surface area (Å²) in [6.07, 6.45) is 4.51. The van der Waals surface area contributed by atoms with Gasteiger partial charge >= 0.3 is 0 Å². The minimum Gasteiger partial charge on any atom is -0.353 e. The quantitative estimate of drug-likeness (QED) is 0.566. The fourth-order valence-electron chi connectivity index (χ4n) is 2.46. The van der Waals surface area contributed by atoms with Crippen LogP contribution in [0.25, 0.3) is 0 Å². The summed E-state index contributed by atoms with van der Waals surface area (Å²) >= 11 is 0. The van der Waals surface area contributed by atoms with Gasteiger partial charge in [-0.1, -0.05) is 12.8 Å². The highest BCUT2D eigenvalue weighted by atomic mass is 16.2. The van der Waals surface area contributed by atoms with E-state index in [9.17, 15) is 4.79 Å². The molecule has 0 bridgehead atoms. The SMILES string of the molecule is CN1CCNC(=O)C12CCCC2. The van der Waals surface area contributed by atoms with Gasteiger partial charge in [-0.25, -0.2) is 0 Å². The average Bonchev–Trinajstić information content (AvgIpc) is 2.50. The van der Waals surface area contributed by atoms with Gasteiger partial charge in [0.1, 0.15) is 5.54 Å². The lowest BCUT2D eigenvalue weighted by molar-refractivity contribution is -0.135. The van der Waals surface area contributed by atoms with Gasteiger partial charge in [0.15, 0.2) is 0 Å². The molecular formula is C9H16N2O. The van der Waals surface area contributed by atoms with Crippen LogP contribution in [0.1, 0.15) is 25.7 Å². The average molecular weight is 168 g/mol. The molecule has 2 aliphatic rings. The van der Waals surface area contributed by atoms with Crippen LogP contribution >= 0.6 is 0 Å². The first kappa shape index (κ1) is 8.05. The Labute approximate surface area is 73.1 Å². The third-order valence-electron chi connectivity index (χ3n) is 3.32. The van der Waals surface area contributed by atoms with Crippen molar-refractivity contribution in [2.75, 3.05) is 20.1 Å². The zero-order valence-electron chi connectivity index (χ0n) is 7.60. The fraction of sp³-hybridized carbons (Fsp3) is 0.889. The van der Waals surface area contributed by atoms with Crippen molar-refractivity contribution < 1.29 is 4.79 Å². The summed E-state index contributed by atoms with van der Waals surface area (Å²) in [7, 11) is 2.07. The Morgan fingerprint density at radius 2 is 2.08 bits per heavy atom. The van der Waals surface area contributed by atoms with Gasteiger partial charge in [-0.15, -0.1) is 0 Å². The van der Waals surface area contributed by atoms with Gasteiger partial charge in [-0.05, 0) is 19.9 Å². The van der Waals surface area contributed by atoms with Crippen LogP contribution in [-0.4, -0.2) is 36.5 Å². The van der Waals surface area contributed by atoms with Crippen molar-refractivity contribution in [3.8, 4) is 0 Å². The lowest BCUT2D eigenvalue weighted by Crippen LogP contribution is -2.62. The first-order chi connectivity index (χ1) is 5.76. The van der Waals surface area contributed by atoms with Gasteiger partial charge in [-0.2, -0.15) is 0 Å². The minimum absolute atomic E-state index is 0.127. The monoisotopic (exact) mass is 168 g/mol. The molecule has 1 spiro atoms. The maximum Gasteiger partial charge on any atom is 0.240 e. The van der Waals surface area contributed by atoms with Gasteiger partial charge in [0.2, 0.25) is 5.91 Å². The molecule has 1 aliphatic carbocycles. The van der Waals surface area contributed by atoms with Crippen LogP contribution in [0.15, 0.2) is 0 Å². The second-order valence-electron chi connectivity index (χ2n) is 3.92. The van der Waals surface area contributed by atoms with E-state index < -0.39 is 0 Å². The van der Waals surface area contributed by atoms with E-state index in [0.29, 0.717) is 0 Å². The first-order valence-electron chi connectivity index (χ1n) is 4.75. The summed E-state index contributed by atoms with van der Waals surface area (Å²) in [5.74, 6) is 0.258.